The number of carbonyl (C=O) groups is 3. The summed E-state index contributed by atoms with van der Waals surface area (Å²) in [4.78, 5) is 37.0. The molecule has 0 saturated carbocycles. The van der Waals surface area contributed by atoms with Crippen LogP contribution < -0.4 is 10.2 Å². The van der Waals surface area contributed by atoms with E-state index in [4.69, 9.17) is 0 Å². The van der Waals surface area contributed by atoms with E-state index in [0.29, 0.717) is 29.9 Å². The predicted molar refractivity (Wildman–Crippen MR) is 98.0 cm³/mol. The molecule has 0 saturated heterocycles. The molecule has 2 amide bonds. The molecule has 0 fully saturated rings. The van der Waals surface area contributed by atoms with Crippen LogP contribution in [0.1, 0.15) is 40.1 Å². The zero-order valence-electron chi connectivity index (χ0n) is 14.7. The molecule has 5 nitrogen and oxygen atoms in total. The van der Waals surface area contributed by atoms with Crippen molar-refractivity contribution >= 4 is 23.3 Å². The maximum Gasteiger partial charge on any atom is 0.251 e. The molecule has 0 heterocycles. The third-order valence-electron chi connectivity index (χ3n) is 3.87. The number of hydrogen-bond donors (Lipinski definition) is 1. The van der Waals surface area contributed by atoms with Crippen LogP contribution in [0.2, 0.25) is 0 Å². The quantitative estimate of drug-likeness (QED) is 0.824. The Hall–Kier alpha value is -2.95. The Labute approximate surface area is 147 Å². The molecule has 0 radical (unpaired) electrons. The standard InChI is InChI=1S/C20H22N2O3/c1-14-5-4-6-18(13-14)20(25)21-11-12-22(16(3)24)19-9-7-17(8-10-19)15(2)23/h4-10,13H,11-12H2,1-3H3,(H,21,25). The lowest BCUT2D eigenvalue weighted by atomic mass is 10.1. The average molecular weight is 338 g/mol. The second kappa shape index (κ2) is 8.24. The number of rotatable bonds is 6. The van der Waals surface area contributed by atoms with Crippen molar-refractivity contribution in [3.8, 4) is 0 Å². The summed E-state index contributed by atoms with van der Waals surface area (Å²) >= 11 is 0. The molecule has 25 heavy (non-hydrogen) atoms. The van der Waals surface area contributed by atoms with Crippen molar-refractivity contribution in [3.05, 3.63) is 65.2 Å². The first kappa shape index (κ1) is 18.4. The van der Waals surface area contributed by atoms with Crippen LogP contribution in [0.25, 0.3) is 0 Å². The van der Waals surface area contributed by atoms with E-state index >= 15 is 0 Å². The highest BCUT2D eigenvalue weighted by Crippen LogP contribution is 2.15. The fraction of sp³-hybridized carbons (Fsp3) is 0.250. The van der Waals surface area contributed by atoms with Gasteiger partial charge in [0.25, 0.3) is 5.91 Å². The van der Waals surface area contributed by atoms with Gasteiger partial charge in [0.2, 0.25) is 5.91 Å². The number of ketones is 1. The van der Waals surface area contributed by atoms with Crippen molar-refractivity contribution < 1.29 is 14.4 Å². The van der Waals surface area contributed by atoms with Crippen molar-refractivity contribution in [2.45, 2.75) is 20.8 Å². The number of nitrogens with one attached hydrogen (secondary N) is 1. The van der Waals surface area contributed by atoms with Crippen molar-refractivity contribution in [2.24, 2.45) is 0 Å². The average Bonchev–Trinajstić information content (AvgIpc) is 2.58. The lowest BCUT2D eigenvalue weighted by molar-refractivity contribution is -0.116. The van der Waals surface area contributed by atoms with Crippen molar-refractivity contribution in [2.75, 3.05) is 18.0 Å². The summed E-state index contributed by atoms with van der Waals surface area (Å²) in [5, 5.41) is 2.82. The summed E-state index contributed by atoms with van der Waals surface area (Å²) < 4.78 is 0. The van der Waals surface area contributed by atoms with E-state index < -0.39 is 0 Å². The number of benzene rings is 2. The molecule has 0 spiro atoms. The Morgan fingerprint density at radius 2 is 1.64 bits per heavy atom. The molecular weight excluding hydrogens is 316 g/mol. The van der Waals surface area contributed by atoms with Crippen molar-refractivity contribution in [3.63, 3.8) is 0 Å². The normalized spacial score (nSPS) is 10.2. The first-order valence-corrected chi connectivity index (χ1v) is 8.12. The molecule has 0 unspecified atom stereocenters. The van der Waals surface area contributed by atoms with Crippen LogP contribution in [0.4, 0.5) is 5.69 Å². The topological polar surface area (TPSA) is 66.5 Å². The molecule has 0 aliphatic rings. The van der Waals surface area contributed by atoms with Gasteiger partial charge in [0.1, 0.15) is 0 Å². The van der Waals surface area contributed by atoms with E-state index in [1.54, 1.807) is 35.2 Å². The Bertz CT molecular complexity index is 782. The maximum atomic E-state index is 12.2. The minimum atomic E-state index is -0.167. The molecule has 5 heteroatoms. The van der Waals surface area contributed by atoms with Crippen LogP contribution in [-0.4, -0.2) is 30.7 Å². The second-order valence-electron chi connectivity index (χ2n) is 5.90. The van der Waals surface area contributed by atoms with Crippen LogP contribution >= 0.6 is 0 Å². The van der Waals surface area contributed by atoms with Gasteiger partial charge in [-0.3, -0.25) is 14.4 Å². The number of carbonyl (C=O) groups excluding carboxylic acids is 3. The molecule has 2 rings (SSSR count). The number of anilines is 1. The Kier molecular flexibility index (Phi) is 6.06. The van der Waals surface area contributed by atoms with Gasteiger partial charge in [-0.2, -0.15) is 0 Å². The van der Waals surface area contributed by atoms with Crippen molar-refractivity contribution in [1.29, 1.82) is 0 Å². The molecule has 1 N–H and O–H groups in total. The van der Waals surface area contributed by atoms with Crippen molar-refractivity contribution in [1.82, 2.24) is 5.32 Å². The fourth-order valence-electron chi connectivity index (χ4n) is 2.51. The first-order valence-electron chi connectivity index (χ1n) is 8.12. The van der Waals surface area contributed by atoms with Crippen LogP contribution in [0.15, 0.2) is 48.5 Å². The fourth-order valence-corrected chi connectivity index (χ4v) is 2.51. The number of hydrogen-bond acceptors (Lipinski definition) is 3. The van der Waals surface area contributed by atoms with Gasteiger partial charge in [0, 0.05) is 36.8 Å². The number of amides is 2. The maximum absolute atomic E-state index is 12.2. The molecule has 130 valence electrons. The number of nitrogens with zero attached hydrogens (tertiary/aromatic N) is 1. The SMILES string of the molecule is CC(=O)c1ccc(N(CCNC(=O)c2cccc(C)c2)C(C)=O)cc1. The van der Waals surface area contributed by atoms with Gasteiger partial charge in [0.15, 0.2) is 5.78 Å². The van der Waals surface area contributed by atoms with Crippen LogP contribution in [0.3, 0.4) is 0 Å². The summed E-state index contributed by atoms with van der Waals surface area (Å²) in [6.07, 6.45) is 0. The summed E-state index contributed by atoms with van der Waals surface area (Å²) in [6.45, 7) is 5.59. The van der Waals surface area contributed by atoms with Crippen LogP contribution in [-0.2, 0) is 4.79 Å². The molecule has 0 aliphatic heterocycles. The molecular formula is C20H22N2O3. The minimum Gasteiger partial charge on any atom is -0.350 e. The molecule has 0 aromatic heterocycles. The molecule has 0 aliphatic carbocycles. The monoisotopic (exact) mass is 338 g/mol. The van der Waals surface area contributed by atoms with Gasteiger partial charge in [-0.15, -0.1) is 0 Å². The van der Waals surface area contributed by atoms with E-state index in [2.05, 4.69) is 5.32 Å². The summed E-state index contributed by atoms with van der Waals surface area (Å²) in [5.41, 5.74) is 2.91. The summed E-state index contributed by atoms with van der Waals surface area (Å²) in [7, 11) is 0. The lowest BCUT2D eigenvalue weighted by Gasteiger charge is -2.21. The van der Waals surface area contributed by atoms with Crippen LogP contribution in [0.5, 0.6) is 0 Å². The molecule has 2 aromatic rings. The Balaban J connectivity index is 1.99. The van der Waals surface area contributed by atoms with E-state index in [-0.39, 0.29) is 17.6 Å². The second-order valence-corrected chi connectivity index (χ2v) is 5.90. The first-order chi connectivity index (χ1) is 11.9. The zero-order chi connectivity index (χ0) is 18.4. The summed E-state index contributed by atoms with van der Waals surface area (Å²) in [5.74, 6) is -0.314. The predicted octanol–water partition coefficient (Wildman–Crippen LogP) is 2.98. The highest BCUT2D eigenvalue weighted by atomic mass is 16.2. The number of Topliss-reactive ketones (excluding diaryl/α,β-unsaturated/α-hetero) is 1. The highest BCUT2D eigenvalue weighted by Gasteiger charge is 2.13. The van der Waals surface area contributed by atoms with Gasteiger partial charge in [0.05, 0.1) is 0 Å². The third kappa shape index (κ3) is 5.01. The Morgan fingerprint density at radius 3 is 2.20 bits per heavy atom. The molecule has 0 atom stereocenters. The van der Waals surface area contributed by atoms with E-state index in [0.717, 1.165) is 5.56 Å². The van der Waals surface area contributed by atoms with Gasteiger partial charge >= 0.3 is 0 Å². The third-order valence-corrected chi connectivity index (χ3v) is 3.87. The van der Waals surface area contributed by atoms with E-state index in [9.17, 15) is 14.4 Å². The Morgan fingerprint density at radius 1 is 0.960 bits per heavy atom. The van der Waals surface area contributed by atoms with E-state index in [1.807, 2.05) is 25.1 Å². The molecule has 0 bridgehead atoms. The zero-order valence-corrected chi connectivity index (χ0v) is 14.7. The van der Waals surface area contributed by atoms with Crippen LogP contribution in [0, 0.1) is 6.92 Å². The summed E-state index contributed by atoms with van der Waals surface area (Å²) in [6, 6.07) is 14.2. The van der Waals surface area contributed by atoms with Gasteiger partial charge in [-0.05, 0) is 50.2 Å². The highest BCUT2D eigenvalue weighted by molar-refractivity contribution is 5.96. The van der Waals surface area contributed by atoms with Gasteiger partial charge < -0.3 is 10.2 Å². The van der Waals surface area contributed by atoms with Gasteiger partial charge in [-0.1, -0.05) is 17.7 Å². The molecule has 2 aromatic carbocycles. The number of aryl methyl sites for hydroxylation is 1. The lowest BCUT2D eigenvalue weighted by Crippen LogP contribution is -2.37. The van der Waals surface area contributed by atoms with Gasteiger partial charge in [-0.25, -0.2) is 0 Å². The minimum absolute atomic E-state index is 0.0219. The largest absolute Gasteiger partial charge is 0.350 e. The van der Waals surface area contributed by atoms with E-state index in [1.165, 1.54) is 13.8 Å². The smallest absolute Gasteiger partial charge is 0.251 e.